The number of fused-ring (bicyclic) bond motifs is 1. The van der Waals surface area contributed by atoms with Gasteiger partial charge in [-0.15, -0.1) is 0 Å². The van der Waals surface area contributed by atoms with Crippen molar-refractivity contribution in [2.24, 2.45) is 7.05 Å². The maximum absolute atomic E-state index is 11.2. The molecule has 2 aromatic rings. The zero-order valence-electron chi connectivity index (χ0n) is 10.8. The van der Waals surface area contributed by atoms with E-state index in [1.54, 1.807) is 30.1 Å². The van der Waals surface area contributed by atoms with Gasteiger partial charge in [0, 0.05) is 19.4 Å². The minimum absolute atomic E-state index is 0.235. The van der Waals surface area contributed by atoms with E-state index in [1.807, 2.05) is 0 Å². The van der Waals surface area contributed by atoms with Gasteiger partial charge < -0.3 is 10.2 Å². The van der Waals surface area contributed by atoms with Gasteiger partial charge in [0.2, 0.25) is 0 Å². The molecule has 0 radical (unpaired) electrons. The summed E-state index contributed by atoms with van der Waals surface area (Å²) in [7, 11) is 1.75. The molecular weight excluding hydrogens is 258 g/mol. The van der Waals surface area contributed by atoms with Crippen LogP contribution in [0.25, 0.3) is 6.08 Å². The predicted octanol–water partition coefficient (Wildman–Crippen LogP) is 1.19. The van der Waals surface area contributed by atoms with Crippen molar-refractivity contribution in [1.82, 2.24) is 14.8 Å². The molecule has 0 aliphatic heterocycles. The van der Waals surface area contributed by atoms with Crippen molar-refractivity contribution in [3.8, 4) is 0 Å². The van der Waals surface area contributed by atoms with Crippen molar-refractivity contribution >= 4 is 12.0 Å². The third kappa shape index (κ3) is 1.90. The monoisotopic (exact) mass is 271 g/mol. The quantitative estimate of drug-likeness (QED) is 0.875. The van der Waals surface area contributed by atoms with Crippen LogP contribution >= 0.6 is 0 Å². The van der Waals surface area contributed by atoms with Crippen LogP contribution in [0.2, 0.25) is 0 Å². The second-order valence-electron chi connectivity index (χ2n) is 4.71. The highest BCUT2D eigenvalue weighted by Crippen LogP contribution is 2.33. The molecule has 0 saturated heterocycles. The fraction of sp³-hybridized carbons (Fsp3) is 0.214. The number of aliphatic hydroxyl groups excluding tert-OH is 1. The highest BCUT2D eigenvalue weighted by Gasteiger charge is 2.26. The lowest BCUT2D eigenvalue weighted by atomic mass is 10.0. The maximum Gasteiger partial charge on any atom is 0.336 e. The molecule has 3 rings (SSSR count). The first-order valence-electron chi connectivity index (χ1n) is 6.15. The summed E-state index contributed by atoms with van der Waals surface area (Å²) >= 11 is 0. The van der Waals surface area contributed by atoms with Crippen molar-refractivity contribution in [2.75, 3.05) is 0 Å². The molecule has 1 atom stereocenters. The minimum atomic E-state index is -0.978. The Morgan fingerprint density at radius 3 is 2.85 bits per heavy atom. The molecule has 0 aromatic carbocycles. The van der Waals surface area contributed by atoms with Gasteiger partial charge in [-0.05, 0) is 35.8 Å². The van der Waals surface area contributed by atoms with Crippen molar-refractivity contribution in [1.29, 1.82) is 0 Å². The lowest BCUT2D eigenvalue weighted by Gasteiger charge is -2.12. The number of aryl methyl sites for hydroxylation is 1. The van der Waals surface area contributed by atoms with Crippen LogP contribution in [0.15, 0.2) is 30.1 Å². The van der Waals surface area contributed by atoms with Crippen molar-refractivity contribution in [2.45, 2.75) is 12.5 Å². The van der Waals surface area contributed by atoms with Crippen LogP contribution in [0, 0.1) is 0 Å². The third-order valence-electron chi connectivity index (χ3n) is 3.51. The van der Waals surface area contributed by atoms with Crippen molar-refractivity contribution < 1.29 is 15.0 Å². The second-order valence-corrected chi connectivity index (χ2v) is 4.71. The number of carbonyl (C=O) groups is 1. The van der Waals surface area contributed by atoms with Gasteiger partial charge in [-0.25, -0.2) is 4.79 Å². The fourth-order valence-electron chi connectivity index (χ4n) is 2.47. The molecule has 20 heavy (non-hydrogen) atoms. The Bertz CT molecular complexity index is 718. The van der Waals surface area contributed by atoms with E-state index in [-0.39, 0.29) is 5.56 Å². The molecule has 0 amide bonds. The number of aromatic carboxylic acids is 1. The summed E-state index contributed by atoms with van der Waals surface area (Å²) in [5.41, 5.74) is 2.89. The Hall–Kier alpha value is -2.47. The molecule has 1 aliphatic carbocycles. The molecule has 6 heteroatoms. The van der Waals surface area contributed by atoms with Gasteiger partial charge in [0.05, 0.1) is 17.0 Å². The van der Waals surface area contributed by atoms with Gasteiger partial charge in [0.15, 0.2) is 0 Å². The second kappa shape index (κ2) is 4.57. The Labute approximate surface area is 115 Å². The Balaban J connectivity index is 1.95. The van der Waals surface area contributed by atoms with E-state index in [2.05, 4.69) is 10.1 Å². The summed E-state index contributed by atoms with van der Waals surface area (Å²) in [5.74, 6) is -0.978. The molecule has 0 spiro atoms. The van der Waals surface area contributed by atoms with E-state index in [4.69, 9.17) is 0 Å². The number of nitrogens with zero attached hydrogens (tertiary/aromatic N) is 3. The van der Waals surface area contributed by atoms with E-state index < -0.39 is 12.1 Å². The summed E-state index contributed by atoms with van der Waals surface area (Å²) in [4.78, 5) is 15.4. The van der Waals surface area contributed by atoms with Crippen LogP contribution in [0.1, 0.15) is 33.4 Å². The lowest BCUT2D eigenvalue weighted by Crippen LogP contribution is -2.09. The normalized spacial score (nSPS) is 14.8. The van der Waals surface area contributed by atoms with Crippen LogP contribution in [-0.4, -0.2) is 30.9 Å². The standard InChI is InChI=1S/C14H13N3O3/c1-17-12(3-5-16-17)13(18)8-6-10-9(14(19)20)2-4-15-11(10)7-8/h2-5,7,13,18H,6H2,1H3,(H,19,20). The molecule has 1 aliphatic rings. The van der Waals surface area contributed by atoms with Crippen LogP contribution in [-0.2, 0) is 13.5 Å². The number of aliphatic hydroxyl groups is 1. The molecule has 0 fully saturated rings. The zero-order valence-corrected chi connectivity index (χ0v) is 10.8. The molecule has 2 aromatic heterocycles. The fourth-order valence-corrected chi connectivity index (χ4v) is 2.47. The first-order chi connectivity index (χ1) is 9.58. The number of rotatable bonds is 3. The number of hydrogen-bond donors (Lipinski definition) is 2. The number of hydrogen-bond acceptors (Lipinski definition) is 4. The summed E-state index contributed by atoms with van der Waals surface area (Å²) in [6, 6.07) is 3.22. The molecule has 2 heterocycles. The van der Waals surface area contributed by atoms with Crippen LogP contribution in [0.4, 0.5) is 0 Å². The van der Waals surface area contributed by atoms with Gasteiger partial charge in [-0.1, -0.05) is 0 Å². The van der Waals surface area contributed by atoms with E-state index in [0.717, 1.165) is 5.57 Å². The summed E-state index contributed by atoms with van der Waals surface area (Å²) < 4.78 is 1.60. The van der Waals surface area contributed by atoms with E-state index >= 15 is 0 Å². The van der Waals surface area contributed by atoms with Gasteiger partial charge in [0.25, 0.3) is 0 Å². The SMILES string of the molecule is Cn1nccc1C(O)C1=Cc2nccc(C(=O)O)c2C1. The van der Waals surface area contributed by atoms with Gasteiger partial charge in [0.1, 0.15) is 6.10 Å². The molecule has 1 unspecified atom stereocenters. The average molecular weight is 271 g/mol. The Morgan fingerprint density at radius 1 is 1.40 bits per heavy atom. The Morgan fingerprint density at radius 2 is 2.20 bits per heavy atom. The highest BCUT2D eigenvalue weighted by atomic mass is 16.4. The topological polar surface area (TPSA) is 88.2 Å². The maximum atomic E-state index is 11.2. The number of carboxylic acid groups (broad SMARTS) is 1. The van der Waals surface area contributed by atoms with E-state index in [0.29, 0.717) is 23.4 Å². The van der Waals surface area contributed by atoms with Crippen LogP contribution in [0.5, 0.6) is 0 Å². The van der Waals surface area contributed by atoms with Gasteiger partial charge >= 0.3 is 5.97 Å². The van der Waals surface area contributed by atoms with Crippen LogP contribution < -0.4 is 0 Å². The first-order valence-corrected chi connectivity index (χ1v) is 6.15. The summed E-state index contributed by atoms with van der Waals surface area (Å²) in [6.07, 6.45) is 4.41. The molecular formula is C14H13N3O3. The van der Waals surface area contributed by atoms with E-state index in [9.17, 15) is 15.0 Å². The lowest BCUT2D eigenvalue weighted by molar-refractivity contribution is 0.0695. The number of carboxylic acids is 1. The summed E-state index contributed by atoms with van der Waals surface area (Å²) in [5, 5.41) is 23.6. The third-order valence-corrected chi connectivity index (χ3v) is 3.51. The number of pyridine rings is 1. The first kappa shape index (κ1) is 12.6. The molecule has 0 bridgehead atoms. The van der Waals surface area contributed by atoms with Crippen molar-refractivity contribution in [3.63, 3.8) is 0 Å². The van der Waals surface area contributed by atoms with Gasteiger partial charge in [-0.3, -0.25) is 9.67 Å². The van der Waals surface area contributed by atoms with Gasteiger partial charge in [-0.2, -0.15) is 5.10 Å². The molecule has 6 nitrogen and oxygen atoms in total. The molecule has 102 valence electrons. The minimum Gasteiger partial charge on any atom is -0.478 e. The highest BCUT2D eigenvalue weighted by molar-refractivity contribution is 5.91. The van der Waals surface area contributed by atoms with Crippen molar-refractivity contribution in [3.05, 3.63) is 52.6 Å². The number of aromatic nitrogens is 3. The van der Waals surface area contributed by atoms with E-state index in [1.165, 1.54) is 12.3 Å². The summed E-state index contributed by atoms with van der Waals surface area (Å²) in [6.45, 7) is 0. The predicted molar refractivity (Wildman–Crippen MR) is 71.0 cm³/mol. The smallest absolute Gasteiger partial charge is 0.336 e. The van der Waals surface area contributed by atoms with Crippen LogP contribution in [0.3, 0.4) is 0 Å². The molecule has 0 saturated carbocycles. The molecule has 2 N–H and O–H groups in total. The largest absolute Gasteiger partial charge is 0.478 e. The zero-order chi connectivity index (χ0) is 14.3. The average Bonchev–Trinajstić information content (AvgIpc) is 3.02. The Kier molecular flexibility index (Phi) is 2.87.